The predicted molar refractivity (Wildman–Crippen MR) is 48.4 cm³/mol. The van der Waals surface area contributed by atoms with Crippen molar-refractivity contribution in [2.75, 3.05) is 5.88 Å². The van der Waals surface area contributed by atoms with Crippen molar-refractivity contribution >= 4 is 17.4 Å². The van der Waals surface area contributed by atoms with Crippen LogP contribution < -0.4 is 0 Å². The number of Topliss-reactive ketones (excluding diaryl/α,β-unsaturated/α-hetero) is 1. The third-order valence-electron chi connectivity index (χ3n) is 2.75. The molecule has 0 aromatic heterocycles. The van der Waals surface area contributed by atoms with Crippen LogP contribution in [-0.2, 0) is 9.53 Å². The van der Waals surface area contributed by atoms with Gasteiger partial charge in [-0.15, -0.1) is 11.6 Å². The summed E-state index contributed by atoms with van der Waals surface area (Å²) in [5.41, 5.74) is 0. The van der Waals surface area contributed by atoms with Gasteiger partial charge in [0, 0.05) is 5.92 Å². The molecule has 0 saturated carbocycles. The van der Waals surface area contributed by atoms with Crippen LogP contribution in [0.25, 0.3) is 0 Å². The highest BCUT2D eigenvalue weighted by Crippen LogP contribution is 2.32. The van der Waals surface area contributed by atoms with Crippen molar-refractivity contribution in [1.82, 2.24) is 0 Å². The highest BCUT2D eigenvalue weighted by atomic mass is 35.5. The van der Waals surface area contributed by atoms with Crippen LogP contribution in [0.2, 0.25) is 0 Å². The quantitative estimate of drug-likeness (QED) is 0.622. The van der Waals surface area contributed by atoms with Crippen molar-refractivity contribution < 1.29 is 9.53 Å². The Morgan fingerprint density at radius 2 is 1.92 bits per heavy atom. The molecule has 0 bridgehead atoms. The Morgan fingerprint density at radius 3 is 2.25 bits per heavy atom. The highest BCUT2D eigenvalue weighted by molar-refractivity contribution is 6.28. The summed E-state index contributed by atoms with van der Waals surface area (Å²) in [4.78, 5) is 11.4. The fourth-order valence-corrected chi connectivity index (χ4v) is 2.09. The Balaban J connectivity index is 2.69. The van der Waals surface area contributed by atoms with Gasteiger partial charge in [0.2, 0.25) is 0 Å². The number of carbonyl (C=O) groups is 1. The van der Waals surface area contributed by atoms with E-state index in [1.807, 2.05) is 20.8 Å². The molecular formula is C9H15ClO2. The van der Waals surface area contributed by atoms with E-state index in [9.17, 15) is 4.79 Å². The molecule has 1 aliphatic rings. The van der Waals surface area contributed by atoms with Crippen LogP contribution in [0.5, 0.6) is 0 Å². The summed E-state index contributed by atoms with van der Waals surface area (Å²) in [7, 11) is 0. The Morgan fingerprint density at radius 1 is 1.33 bits per heavy atom. The average Bonchev–Trinajstić information content (AvgIpc) is 2.26. The molecule has 1 heterocycles. The van der Waals surface area contributed by atoms with Crippen LogP contribution >= 0.6 is 11.6 Å². The summed E-state index contributed by atoms with van der Waals surface area (Å²) in [6.45, 7) is 5.99. The van der Waals surface area contributed by atoms with Crippen molar-refractivity contribution in [2.45, 2.75) is 33.0 Å². The number of hydrogen-bond acceptors (Lipinski definition) is 2. The van der Waals surface area contributed by atoms with E-state index in [1.165, 1.54) is 0 Å². The molecule has 0 spiro atoms. The van der Waals surface area contributed by atoms with Crippen molar-refractivity contribution in [3.05, 3.63) is 0 Å². The Labute approximate surface area is 78.2 Å². The second-order valence-electron chi connectivity index (χ2n) is 3.53. The summed E-state index contributed by atoms with van der Waals surface area (Å²) in [5, 5.41) is 0. The zero-order chi connectivity index (χ0) is 9.30. The molecule has 3 heteroatoms. The smallest absolute Gasteiger partial charge is 0.153 e. The molecule has 1 fully saturated rings. The summed E-state index contributed by atoms with van der Waals surface area (Å²) in [6.07, 6.45) is 0.207. The Hall–Kier alpha value is -0.0800. The van der Waals surface area contributed by atoms with E-state index in [4.69, 9.17) is 16.3 Å². The van der Waals surface area contributed by atoms with Gasteiger partial charge < -0.3 is 4.74 Å². The minimum absolute atomic E-state index is 0.00231. The van der Waals surface area contributed by atoms with Gasteiger partial charge in [0.1, 0.15) is 0 Å². The first kappa shape index (κ1) is 10.0. The minimum Gasteiger partial charge on any atom is -0.375 e. The van der Waals surface area contributed by atoms with Crippen LogP contribution in [0.3, 0.4) is 0 Å². The molecule has 0 N–H and O–H groups in total. The Kier molecular flexibility index (Phi) is 3.13. The van der Waals surface area contributed by atoms with Crippen LogP contribution in [0, 0.1) is 11.8 Å². The van der Waals surface area contributed by atoms with E-state index in [1.54, 1.807) is 0 Å². The number of ether oxygens (including phenoxy) is 1. The van der Waals surface area contributed by atoms with Crippen molar-refractivity contribution in [3.8, 4) is 0 Å². The zero-order valence-corrected chi connectivity index (χ0v) is 8.47. The number of alkyl halides is 1. The number of rotatable bonds is 2. The third-order valence-corrected chi connectivity index (χ3v) is 3.01. The van der Waals surface area contributed by atoms with E-state index in [-0.39, 0.29) is 29.8 Å². The van der Waals surface area contributed by atoms with Crippen molar-refractivity contribution in [3.63, 3.8) is 0 Å². The monoisotopic (exact) mass is 190 g/mol. The summed E-state index contributed by atoms with van der Waals surface area (Å²) >= 11 is 5.51. The molecule has 4 unspecified atom stereocenters. The molecule has 0 aromatic carbocycles. The highest BCUT2D eigenvalue weighted by Gasteiger charge is 2.40. The van der Waals surface area contributed by atoms with Gasteiger partial charge in [-0.3, -0.25) is 4.79 Å². The number of halogens is 1. The van der Waals surface area contributed by atoms with Gasteiger partial charge in [-0.05, 0) is 19.8 Å². The third kappa shape index (κ3) is 1.64. The molecule has 1 rings (SSSR count). The lowest BCUT2D eigenvalue weighted by molar-refractivity contribution is -0.122. The van der Waals surface area contributed by atoms with Crippen molar-refractivity contribution in [2.24, 2.45) is 11.8 Å². The van der Waals surface area contributed by atoms with E-state index < -0.39 is 0 Å². The maximum Gasteiger partial charge on any atom is 0.153 e. The predicted octanol–water partition coefficient (Wildman–Crippen LogP) is 1.85. The lowest BCUT2D eigenvalue weighted by Gasteiger charge is -2.14. The van der Waals surface area contributed by atoms with Crippen LogP contribution in [0.4, 0.5) is 0 Å². The van der Waals surface area contributed by atoms with Gasteiger partial charge in [0.15, 0.2) is 5.78 Å². The summed E-state index contributed by atoms with van der Waals surface area (Å²) < 4.78 is 5.53. The fraction of sp³-hybridized carbons (Fsp3) is 0.889. The molecule has 0 aromatic rings. The summed E-state index contributed by atoms with van der Waals surface area (Å²) in [6, 6.07) is 0. The second kappa shape index (κ2) is 3.75. The lowest BCUT2D eigenvalue weighted by atomic mass is 9.87. The van der Waals surface area contributed by atoms with Gasteiger partial charge in [-0.25, -0.2) is 0 Å². The van der Waals surface area contributed by atoms with Crippen molar-refractivity contribution in [1.29, 1.82) is 0 Å². The van der Waals surface area contributed by atoms with E-state index >= 15 is 0 Å². The normalized spacial score (nSPS) is 41.7. The first-order chi connectivity index (χ1) is 5.57. The first-order valence-corrected chi connectivity index (χ1v) is 4.85. The molecule has 12 heavy (non-hydrogen) atoms. The van der Waals surface area contributed by atoms with Crippen LogP contribution in [0.15, 0.2) is 0 Å². The van der Waals surface area contributed by atoms with Gasteiger partial charge in [0.05, 0.1) is 18.1 Å². The topological polar surface area (TPSA) is 26.3 Å². The summed E-state index contributed by atoms with van der Waals surface area (Å²) in [5.74, 6) is 0.514. The molecule has 70 valence electrons. The molecule has 4 atom stereocenters. The van der Waals surface area contributed by atoms with E-state index in [0.29, 0.717) is 5.92 Å². The molecule has 0 aliphatic carbocycles. The first-order valence-electron chi connectivity index (χ1n) is 4.32. The number of hydrogen-bond donors (Lipinski definition) is 0. The van der Waals surface area contributed by atoms with E-state index in [0.717, 1.165) is 0 Å². The molecule has 0 radical (unpaired) electrons. The fourth-order valence-electron chi connectivity index (χ4n) is 1.91. The van der Waals surface area contributed by atoms with Gasteiger partial charge >= 0.3 is 0 Å². The molecule has 1 saturated heterocycles. The van der Waals surface area contributed by atoms with E-state index in [2.05, 4.69) is 0 Å². The largest absolute Gasteiger partial charge is 0.375 e. The Bertz CT molecular complexity index is 181. The number of ketones is 1. The number of carbonyl (C=O) groups excluding carboxylic acids is 1. The van der Waals surface area contributed by atoms with Gasteiger partial charge in [0.25, 0.3) is 0 Å². The van der Waals surface area contributed by atoms with Gasteiger partial charge in [-0.1, -0.05) is 6.92 Å². The second-order valence-corrected chi connectivity index (χ2v) is 3.80. The standard InChI is InChI=1S/C9H15ClO2/c1-5-6(2)12-7(3)9(5)8(11)4-10/h5-7,9H,4H2,1-3H3. The van der Waals surface area contributed by atoms with Crippen LogP contribution in [-0.4, -0.2) is 23.9 Å². The lowest BCUT2D eigenvalue weighted by Crippen LogP contribution is -2.27. The zero-order valence-electron chi connectivity index (χ0n) is 7.71. The minimum atomic E-state index is -0.00231. The van der Waals surface area contributed by atoms with Crippen LogP contribution in [0.1, 0.15) is 20.8 Å². The molecule has 2 nitrogen and oxygen atoms in total. The SMILES string of the molecule is CC1OC(C)C(C(=O)CCl)C1C. The molecule has 0 amide bonds. The maximum absolute atomic E-state index is 11.4. The molecular weight excluding hydrogens is 176 g/mol. The molecule has 1 aliphatic heterocycles. The maximum atomic E-state index is 11.4. The average molecular weight is 191 g/mol. The van der Waals surface area contributed by atoms with Gasteiger partial charge in [-0.2, -0.15) is 0 Å².